The second-order valence-electron chi connectivity index (χ2n) is 10.5. The molecule has 2 heteroatoms. The molecule has 0 aromatic heterocycles. The van der Waals surface area contributed by atoms with Crippen molar-refractivity contribution in [2.75, 3.05) is 27.2 Å². The first-order valence-electron chi connectivity index (χ1n) is 13.9. The van der Waals surface area contributed by atoms with Gasteiger partial charge in [-0.2, -0.15) is 0 Å². The van der Waals surface area contributed by atoms with Gasteiger partial charge in [0.2, 0.25) is 0 Å². The third kappa shape index (κ3) is 26.5. The molecule has 0 fully saturated rings. The van der Waals surface area contributed by atoms with Crippen LogP contribution in [0.2, 0.25) is 0 Å². The summed E-state index contributed by atoms with van der Waals surface area (Å²) in [6.07, 6.45) is 32.0. The Kier molecular flexibility index (Phi) is 27.9. The molecule has 1 nitrogen and oxygen atoms in total. The minimum absolute atomic E-state index is 0. The lowest BCUT2D eigenvalue weighted by Gasteiger charge is -2.30. The van der Waals surface area contributed by atoms with Crippen molar-refractivity contribution in [3.8, 4) is 0 Å². The van der Waals surface area contributed by atoms with Gasteiger partial charge in [-0.05, 0) is 25.7 Å². The molecule has 0 aromatic carbocycles. The Balaban J connectivity index is 0. The Morgan fingerprint density at radius 2 is 0.533 bits per heavy atom. The molecule has 0 aliphatic rings. The van der Waals surface area contributed by atoms with Crippen molar-refractivity contribution in [2.24, 2.45) is 0 Å². The third-order valence-corrected chi connectivity index (χ3v) is 6.73. The average molecular weight is 491 g/mol. The molecule has 0 aliphatic carbocycles. The van der Waals surface area contributed by atoms with Crippen LogP contribution in [0.3, 0.4) is 0 Å². The zero-order valence-corrected chi connectivity index (χ0v) is 23.4. The Labute approximate surface area is 203 Å². The Morgan fingerprint density at radius 1 is 0.333 bits per heavy atom. The predicted molar refractivity (Wildman–Crippen MR) is 135 cm³/mol. The van der Waals surface area contributed by atoms with E-state index in [1.807, 2.05) is 0 Å². The molecular weight excluding hydrogens is 430 g/mol. The van der Waals surface area contributed by atoms with E-state index >= 15 is 0 Å². The van der Waals surface area contributed by atoms with Gasteiger partial charge in [0, 0.05) is 0 Å². The molecule has 0 unspecified atom stereocenters. The lowest BCUT2D eigenvalue weighted by Crippen LogP contribution is -3.00. The molecule has 0 radical (unpaired) electrons. The fraction of sp³-hybridized carbons (Fsp3) is 1.00. The van der Waals surface area contributed by atoms with Gasteiger partial charge in [-0.3, -0.25) is 0 Å². The number of quaternary nitrogens is 1. The van der Waals surface area contributed by atoms with Crippen LogP contribution in [0.1, 0.15) is 155 Å². The summed E-state index contributed by atoms with van der Waals surface area (Å²) in [5.41, 5.74) is 0. The van der Waals surface area contributed by atoms with Crippen molar-refractivity contribution < 1.29 is 21.5 Å². The van der Waals surface area contributed by atoms with Crippen LogP contribution in [-0.2, 0) is 0 Å². The predicted octanol–water partition coefficient (Wildman–Crippen LogP) is 6.69. The quantitative estimate of drug-likeness (QED) is 0.104. The van der Waals surface area contributed by atoms with Crippen molar-refractivity contribution in [2.45, 2.75) is 155 Å². The molecule has 0 rings (SSSR count). The first-order valence-corrected chi connectivity index (χ1v) is 13.9. The van der Waals surface area contributed by atoms with Crippen LogP contribution in [0, 0.1) is 0 Å². The maximum Gasteiger partial charge on any atom is 0.0782 e. The molecule has 0 heterocycles. The van der Waals surface area contributed by atoms with Gasteiger partial charge >= 0.3 is 0 Å². The number of unbranched alkanes of at least 4 members (excludes halogenated alkanes) is 20. The van der Waals surface area contributed by atoms with E-state index in [0.717, 1.165) is 0 Å². The minimum atomic E-state index is 0. The molecule has 0 spiro atoms. The summed E-state index contributed by atoms with van der Waals surface area (Å²) in [6.45, 7) is 7.37. The molecule has 0 aromatic rings. The van der Waals surface area contributed by atoms with E-state index in [2.05, 4.69) is 27.9 Å². The van der Waals surface area contributed by atoms with E-state index in [4.69, 9.17) is 0 Å². The van der Waals surface area contributed by atoms with Gasteiger partial charge < -0.3 is 21.5 Å². The fourth-order valence-corrected chi connectivity index (χ4v) is 4.52. The van der Waals surface area contributed by atoms with Gasteiger partial charge in [0.15, 0.2) is 0 Å². The largest absolute Gasteiger partial charge is 1.00 e. The normalized spacial score (nSPS) is 11.6. The number of nitrogens with zero attached hydrogens (tertiary/aromatic N) is 1. The maximum absolute atomic E-state index is 2.45. The van der Waals surface area contributed by atoms with Gasteiger partial charge in [-0.15, -0.1) is 0 Å². The van der Waals surface area contributed by atoms with Crippen molar-refractivity contribution in [3.05, 3.63) is 0 Å². The number of rotatable bonds is 24. The Bertz CT molecular complexity index is 275. The SMILES string of the molecule is CCCCCCCCCCCCC[N+](C)(C)CCCCCCCCCCCCC.[Br-]. The number of halogens is 1. The summed E-state index contributed by atoms with van der Waals surface area (Å²) in [5.74, 6) is 0. The second kappa shape index (κ2) is 25.7. The molecule has 0 N–H and O–H groups in total. The summed E-state index contributed by atoms with van der Waals surface area (Å²) >= 11 is 0. The van der Waals surface area contributed by atoms with Crippen LogP contribution < -0.4 is 17.0 Å². The van der Waals surface area contributed by atoms with Crippen molar-refractivity contribution in [3.63, 3.8) is 0 Å². The van der Waals surface area contributed by atoms with E-state index in [0.29, 0.717) is 0 Å². The van der Waals surface area contributed by atoms with Crippen molar-refractivity contribution in [1.29, 1.82) is 0 Å². The molecule has 30 heavy (non-hydrogen) atoms. The molecular formula is C28H60BrN. The molecule has 0 amide bonds. The zero-order valence-electron chi connectivity index (χ0n) is 21.8. The molecule has 0 saturated heterocycles. The summed E-state index contributed by atoms with van der Waals surface area (Å²) in [7, 11) is 4.90. The highest BCUT2D eigenvalue weighted by Crippen LogP contribution is 2.14. The molecule has 0 aliphatic heterocycles. The summed E-state index contributed by atoms with van der Waals surface area (Å²) < 4.78 is 1.24. The summed E-state index contributed by atoms with van der Waals surface area (Å²) in [6, 6.07) is 0. The first-order chi connectivity index (χ1) is 14.1. The summed E-state index contributed by atoms with van der Waals surface area (Å²) in [5, 5.41) is 0. The zero-order chi connectivity index (χ0) is 21.5. The topological polar surface area (TPSA) is 0 Å². The van der Waals surface area contributed by atoms with Crippen LogP contribution >= 0.6 is 0 Å². The molecule has 0 bridgehead atoms. The van der Waals surface area contributed by atoms with Gasteiger partial charge in [-0.25, -0.2) is 0 Å². The smallest absolute Gasteiger partial charge is 0.0782 e. The first kappa shape index (κ1) is 32.6. The van der Waals surface area contributed by atoms with E-state index in [1.54, 1.807) is 0 Å². The fourth-order valence-electron chi connectivity index (χ4n) is 4.52. The van der Waals surface area contributed by atoms with Crippen molar-refractivity contribution >= 4 is 0 Å². The van der Waals surface area contributed by atoms with Gasteiger partial charge in [0.25, 0.3) is 0 Å². The van der Waals surface area contributed by atoms with Crippen LogP contribution in [0.4, 0.5) is 0 Å². The highest BCUT2D eigenvalue weighted by atomic mass is 79.9. The standard InChI is InChI=1S/C28H60N.BrH/c1-5-7-9-11-13-15-17-19-21-23-25-27-29(3,4)28-26-24-22-20-18-16-14-12-10-8-6-2;/h5-28H2,1-4H3;1H/q+1;/p-1. The van der Waals surface area contributed by atoms with E-state index in [1.165, 1.54) is 159 Å². The maximum atomic E-state index is 2.45. The average Bonchev–Trinajstić information content (AvgIpc) is 2.70. The van der Waals surface area contributed by atoms with E-state index < -0.39 is 0 Å². The Morgan fingerprint density at radius 3 is 0.767 bits per heavy atom. The lowest BCUT2D eigenvalue weighted by molar-refractivity contribution is -0.890. The highest BCUT2D eigenvalue weighted by molar-refractivity contribution is 4.50. The highest BCUT2D eigenvalue weighted by Gasteiger charge is 2.13. The van der Waals surface area contributed by atoms with Crippen LogP contribution in [-0.4, -0.2) is 31.7 Å². The Hall–Kier alpha value is 0.440. The van der Waals surface area contributed by atoms with Crippen LogP contribution in [0.15, 0.2) is 0 Å². The molecule has 0 atom stereocenters. The van der Waals surface area contributed by atoms with Gasteiger partial charge in [0.1, 0.15) is 0 Å². The van der Waals surface area contributed by atoms with Gasteiger partial charge in [0.05, 0.1) is 27.2 Å². The number of hydrogen-bond acceptors (Lipinski definition) is 0. The van der Waals surface area contributed by atoms with Crippen LogP contribution in [0.5, 0.6) is 0 Å². The lowest BCUT2D eigenvalue weighted by atomic mass is 10.1. The number of hydrogen-bond donors (Lipinski definition) is 0. The van der Waals surface area contributed by atoms with E-state index in [9.17, 15) is 0 Å². The van der Waals surface area contributed by atoms with Crippen molar-refractivity contribution in [1.82, 2.24) is 0 Å². The third-order valence-electron chi connectivity index (χ3n) is 6.73. The van der Waals surface area contributed by atoms with Crippen LogP contribution in [0.25, 0.3) is 0 Å². The van der Waals surface area contributed by atoms with E-state index in [-0.39, 0.29) is 17.0 Å². The second-order valence-corrected chi connectivity index (χ2v) is 10.5. The summed E-state index contributed by atoms with van der Waals surface area (Å²) in [4.78, 5) is 0. The minimum Gasteiger partial charge on any atom is -1.00 e. The monoisotopic (exact) mass is 489 g/mol. The molecule has 0 saturated carbocycles. The molecule has 184 valence electrons. The van der Waals surface area contributed by atoms with Gasteiger partial charge in [-0.1, -0.05) is 129 Å².